The van der Waals surface area contributed by atoms with E-state index in [2.05, 4.69) is 9.80 Å². The van der Waals surface area contributed by atoms with Crippen LogP contribution in [-0.4, -0.2) is 68.5 Å². The zero-order chi connectivity index (χ0) is 10.1. The monoisotopic (exact) mass is 202 g/mol. The van der Waals surface area contributed by atoms with Crippen molar-refractivity contribution in [1.82, 2.24) is 9.80 Å². The number of piperidine rings is 1. The summed E-state index contributed by atoms with van der Waals surface area (Å²) < 4.78 is 18.9. The molecule has 0 saturated carbocycles. The second-order valence-electron chi connectivity index (χ2n) is 4.49. The van der Waals surface area contributed by atoms with Gasteiger partial charge in [-0.15, -0.1) is 0 Å². The molecule has 2 aliphatic rings. The van der Waals surface area contributed by atoms with Crippen LogP contribution in [-0.2, 0) is 4.74 Å². The number of hydrogen-bond acceptors (Lipinski definition) is 3. The topological polar surface area (TPSA) is 15.7 Å². The highest BCUT2D eigenvalue weighted by molar-refractivity contribution is 4.89. The average Bonchev–Trinajstić information content (AvgIpc) is 2.00. The minimum Gasteiger partial charge on any atom is -0.378 e. The van der Waals surface area contributed by atoms with Gasteiger partial charge in [0.1, 0.15) is 6.17 Å². The van der Waals surface area contributed by atoms with Crippen LogP contribution in [0.25, 0.3) is 0 Å². The largest absolute Gasteiger partial charge is 0.378 e. The molecule has 2 fully saturated rings. The number of likely N-dealkylation sites (N-methyl/N-ethyl adjacent to an activating group) is 1. The van der Waals surface area contributed by atoms with Crippen molar-refractivity contribution in [1.29, 1.82) is 0 Å². The van der Waals surface area contributed by atoms with Gasteiger partial charge in [0.2, 0.25) is 0 Å². The molecule has 0 aromatic rings. The van der Waals surface area contributed by atoms with Crippen LogP contribution in [0.15, 0.2) is 0 Å². The van der Waals surface area contributed by atoms with Gasteiger partial charge in [-0.05, 0) is 27.1 Å². The summed E-state index contributed by atoms with van der Waals surface area (Å²) in [6, 6.07) is 0.543. The lowest BCUT2D eigenvalue weighted by molar-refractivity contribution is -0.0878. The number of alkyl halides is 1. The Bertz CT molecular complexity index is 199. The number of halogens is 1. The molecule has 2 aliphatic heterocycles. The van der Waals surface area contributed by atoms with Crippen molar-refractivity contribution in [3.8, 4) is 0 Å². The molecule has 2 unspecified atom stereocenters. The second-order valence-corrected chi connectivity index (χ2v) is 4.49. The van der Waals surface area contributed by atoms with Gasteiger partial charge in [-0.1, -0.05) is 0 Å². The summed E-state index contributed by atoms with van der Waals surface area (Å²) in [6.45, 7) is 3.12. The third-order valence-electron chi connectivity index (χ3n) is 3.43. The molecule has 0 N–H and O–H groups in total. The van der Waals surface area contributed by atoms with Crippen LogP contribution in [0.1, 0.15) is 6.42 Å². The molecule has 2 atom stereocenters. The first-order chi connectivity index (χ1) is 6.68. The Morgan fingerprint density at radius 3 is 2.64 bits per heavy atom. The second kappa shape index (κ2) is 4.13. The van der Waals surface area contributed by atoms with Gasteiger partial charge in [0, 0.05) is 12.6 Å². The lowest BCUT2D eigenvalue weighted by atomic mass is 10.00. The molecule has 3 nitrogen and oxygen atoms in total. The van der Waals surface area contributed by atoms with E-state index < -0.39 is 6.17 Å². The number of rotatable bonds is 2. The van der Waals surface area contributed by atoms with Gasteiger partial charge in [0.25, 0.3) is 0 Å². The van der Waals surface area contributed by atoms with Crippen LogP contribution >= 0.6 is 0 Å². The number of hydrogen-bond donors (Lipinski definition) is 0. The third kappa shape index (κ3) is 1.92. The maximum Gasteiger partial charge on any atom is 0.128 e. The molecule has 2 heterocycles. The van der Waals surface area contributed by atoms with Gasteiger partial charge < -0.3 is 9.64 Å². The third-order valence-corrected chi connectivity index (χ3v) is 3.43. The minimum absolute atomic E-state index is 0.0973. The fraction of sp³-hybridized carbons (Fsp3) is 1.00. The Balaban J connectivity index is 1.89. The predicted molar refractivity (Wildman–Crippen MR) is 53.2 cm³/mol. The molecule has 2 rings (SSSR count). The fourth-order valence-electron chi connectivity index (χ4n) is 2.23. The molecule has 0 spiro atoms. The minimum atomic E-state index is -0.709. The first kappa shape index (κ1) is 10.3. The van der Waals surface area contributed by atoms with E-state index >= 15 is 0 Å². The Morgan fingerprint density at radius 2 is 2.14 bits per heavy atom. The predicted octanol–water partition coefficient (Wildman–Crippen LogP) is 0.359. The smallest absolute Gasteiger partial charge is 0.128 e. The van der Waals surface area contributed by atoms with Crippen LogP contribution in [0.5, 0.6) is 0 Å². The van der Waals surface area contributed by atoms with Gasteiger partial charge in [0.05, 0.1) is 19.3 Å². The molecule has 0 aliphatic carbocycles. The Hall–Kier alpha value is -0.190. The van der Waals surface area contributed by atoms with Crippen LogP contribution in [0.3, 0.4) is 0 Å². The van der Waals surface area contributed by atoms with Gasteiger partial charge in [0.15, 0.2) is 0 Å². The van der Waals surface area contributed by atoms with E-state index in [1.807, 2.05) is 14.1 Å². The van der Waals surface area contributed by atoms with Crippen LogP contribution in [0.2, 0.25) is 0 Å². The molecule has 82 valence electrons. The highest BCUT2D eigenvalue weighted by Crippen LogP contribution is 2.22. The summed E-state index contributed by atoms with van der Waals surface area (Å²) >= 11 is 0. The number of ether oxygens (including phenoxy) is 1. The summed E-state index contributed by atoms with van der Waals surface area (Å²) in [5.74, 6) is 0. The molecule has 0 aromatic carbocycles. The maximum atomic E-state index is 13.7. The summed E-state index contributed by atoms with van der Waals surface area (Å²) in [5.41, 5.74) is 0. The summed E-state index contributed by atoms with van der Waals surface area (Å²) in [5, 5.41) is 0. The lowest BCUT2D eigenvalue weighted by Gasteiger charge is -2.44. The number of nitrogens with zero attached hydrogens (tertiary/aromatic N) is 2. The van der Waals surface area contributed by atoms with Crippen LogP contribution in [0, 0.1) is 0 Å². The zero-order valence-corrected chi connectivity index (χ0v) is 8.95. The first-order valence-electron chi connectivity index (χ1n) is 5.31. The summed E-state index contributed by atoms with van der Waals surface area (Å²) in [7, 11) is 4.00. The van der Waals surface area contributed by atoms with E-state index in [1.165, 1.54) is 0 Å². The molecule has 14 heavy (non-hydrogen) atoms. The van der Waals surface area contributed by atoms with E-state index in [9.17, 15) is 4.39 Å². The molecule has 0 amide bonds. The molecule has 0 bridgehead atoms. The highest BCUT2D eigenvalue weighted by Gasteiger charge is 2.35. The van der Waals surface area contributed by atoms with Crippen molar-refractivity contribution >= 4 is 0 Å². The molecule has 2 saturated heterocycles. The molecule has 4 heteroatoms. The van der Waals surface area contributed by atoms with E-state index in [-0.39, 0.29) is 6.04 Å². The first-order valence-corrected chi connectivity index (χ1v) is 5.31. The fourth-order valence-corrected chi connectivity index (χ4v) is 2.23. The quantitative estimate of drug-likeness (QED) is 0.643. The van der Waals surface area contributed by atoms with Crippen molar-refractivity contribution in [2.45, 2.75) is 24.7 Å². The van der Waals surface area contributed by atoms with Crippen LogP contribution < -0.4 is 0 Å². The van der Waals surface area contributed by atoms with E-state index in [0.717, 1.165) is 26.2 Å². The van der Waals surface area contributed by atoms with Crippen molar-refractivity contribution in [3.05, 3.63) is 0 Å². The molecular formula is C10H19FN2O. The van der Waals surface area contributed by atoms with Crippen molar-refractivity contribution in [2.24, 2.45) is 0 Å². The standard InChI is InChI=1S/C10H19FN2O/c1-12-4-3-10(9(11)5-12)13(2)8-6-14-7-8/h8-10H,3-7H2,1-2H3. The maximum absolute atomic E-state index is 13.7. The molecule has 0 radical (unpaired) electrons. The average molecular weight is 202 g/mol. The van der Waals surface area contributed by atoms with Crippen LogP contribution in [0.4, 0.5) is 4.39 Å². The van der Waals surface area contributed by atoms with Gasteiger partial charge in [-0.2, -0.15) is 0 Å². The van der Waals surface area contributed by atoms with Crippen molar-refractivity contribution in [2.75, 3.05) is 40.4 Å². The van der Waals surface area contributed by atoms with E-state index in [4.69, 9.17) is 4.74 Å². The van der Waals surface area contributed by atoms with Gasteiger partial charge >= 0.3 is 0 Å². The van der Waals surface area contributed by atoms with Gasteiger partial charge in [-0.3, -0.25) is 4.90 Å². The van der Waals surface area contributed by atoms with E-state index in [1.54, 1.807) is 0 Å². The molecular weight excluding hydrogens is 183 g/mol. The SMILES string of the molecule is CN1CCC(N(C)C2COC2)C(F)C1. The lowest BCUT2D eigenvalue weighted by Crippen LogP contribution is -2.58. The molecule has 0 aromatic heterocycles. The zero-order valence-electron chi connectivity index (χ0n) is 8.95. The van der Waals surface area contributed by atoms with Crippen molar-refractivity contribution < 1.29 is 9.13 Å². The van der Waals surface area contributed by atoms with Gasteiger partial charge in [-0.25, -0.2) is 4.39 Å². The highest BCUT2D eigenvalue weighted by atomic mass is 19.1. The number of likely N-dealkylation sites (tertiary alicyclic amines) is 1. The summed E-state index contributed by atoms with van der Waals surface area (Å²) in [6.07, 6.45) is 0.226. The van der Waals surface area contributed by atoms with E-state index in [0.29, 0.717) is 12.6 Å². The Labute approximate surface area is 84.8 Å². The summed E-state index contributed by atoms with van der Waals surface area (Å²) in [4.78, 5) is 4.23. The Morgan fingerprint density at radius 1 is 1.43 bits per heavy atom. The Kier molecular flexibility index (Phi) is 3.04. The normalized spacial score (nSPS) is 36.0. The van der Waals surface area contributed by atoms with Crippen molar-refractivity contribution in [3.63, 3.8) is 0 Å².